The molecule has 666 valence electrons. The molecule has 0 aliphatic carbocycles. The Morgan fingerprint density at radius 2 is 0.534 bits per heavy atom. The van der Waals surface area contributed by atoms with Crippen molar-refractivity contribution >= 4 is 0 Å². The zero-order valence-electron chi connectivity index (χ0n) is 91.8. The first-order valence-corrected chi connectivity index (χ1v) is 41.3. The van der Waals surface area contributed by atoms with Crippen molar-refractivity contribution in [3.05, 3.63) is 531 Å². The molecule has 8 nitrogen and oxygen atoms in total. The fourth-order valence-corrected chi connectivity index (χ4v) is 12.7. The molecule has 0 amide bonds. The van der Waals surface area contributed by atoms with E-state index in [9.17, 15) is 0 Å². The van der Waals surface area contributed by atoms with Gasteiger partial charge in [0.25, 0.3) is 0 Å². The number of pyridine rings is 8. The summed E-state index contributed by atoms with van der Waals surface area (Å²) in [5.74, 6) is 0. The summed E-state index contributed by atoms with van der Waals surface area (Å²) in [6, 6.07) is 148. The Balaban J connectivity index is 0.000000194. The Hall–Kier alpha value is -13.6. The molecule has 0 N–H and O–H groups in total. The average Bonchev–Trinajstić information content (AvgIpc) is 0.782. The first-order chi connectivity index (χ1) is 71.4. The summed E-state index contributed by atoms with van der Waals surface area (Å²) in [6.45, 7) is -11.1. The van der Waals surface area contributed by atoms with Crippen LogP contribution in [0.1, 0.15) is 80.1 Å². The fourth-order valence-electron chi connectivity index (χ4n) is 12.7. The summed E-state index contributed by atoms with van der Waals surface area (Å²) in [6.07, 6.45) is 10.8. The first-order valence-electron chi connectivity index (χ1n) is 51.3. The first kappa shape index (κ1) is 77.1. The van der Waals surface area contributed by atoms with Crippen LogP contribution in [0, 0.1) is 82.8 Å². The molecule has 20 rings (SSSR count). The van der Waals surface area contributed by atoms with E-state index in [0.29, 0.717) is 17.0 Å². The third kappa shape index (κ3) is 33.0. The largest absolute Gasteiger partial charge is 0.305 e. The van der Waals surface area contributed by atoms with E-state index in [0.717, 1.165) is 102 Å². The number of hydrogen-bond donors (Lipinski definition) is 0. The third-order valence-corrected chi connectivity index (χ3v) is 19.3. The molecule has 0 unspecified atom stereocenters. The van der Waals surface area contributed by atoms with E-state index in [1.807, 2.05) is 225 Å². The maximum Gasteiger partial charge on any atom is 0.0313 e. The number of nitrogens with zero attached hydrogens (tertiary/aromatic N) is 8. The fraction of sp³-hybridized carbons (Fsp3) is 0.0744. The second kappa shape index (κ2) is 56.2. The molecule has 20 aromatic rings. The molecule has 0 aliphatic heterocycles. The molecule has 0 saturated heterocycles. The summed E-state index contributed by atoms with van der Waals surface area (Å²) in [5.41, 5.74) is 24.6. The quantitative estimate of drug-likeness (QED) is 0.0992. The van der Waals surface area contributed by atoms with Crippen LogP contribution in [0.3, 0.4) is 0 Å². The molecule has 4 radical (unpaired) electrons. The monoisotopic (exact) mass is 2450 g/mol. The number of rotatable bonds is 14. The summed E-state index contributed by atoms with van der Waals surface area (Å²) < 4.78 is 147. The Kier molecular flexibility index (Phi) is 32.6. The minimum Gasteiger partial charge on any atom is -0.305 e. The van der Waals surface area contributed by atoms with E-state index in [1.54, 1.807) is 91.1 Å². The zero-order chi connectivity index (χ0) is 106. The summed E-state index contributed by atoms with van der Waals surface area (Å²) >= 11 is 0. The molecule has 0 atom stereocenters. The van der Waals surface area contributed by atoms with Crippen LogP contribution in [0.4, 0.5) is 0 Å². The summed E-state index contributed by atoms with van der Waals surface area (Å²) in [4.78, 5) is 33.8. The van der Waals surface area contributed by atoms with Crippen molar-refractivity contribution in [2.75, 3.05) is 0 Å². The van der Waals surface area contributed by atoms with Gasteiger partial charge in [-0.3, -0.25) is 0 Å². The van der Waals surface area contributed by atoms with E-state index >= 15 is 0 Å². The molecule has 0 bridgehead atoms. The molecule has 0 fully saturated rings. The maximum atomic E-state index is 7.92. The number of aryl methyl sites for hydroxylation is 7. The minimum atomic E-state index is -2.75. The Morgan fingerprint density at radius 1 is 0.218 bits per heavy atom. The second-order valence-electron chi connectivity index (χ2n) is 28.4. The van der Waals surface area contributed by atoms with Crippen LogP contribution in [-0.4, -0.2) is 39.9 Å². The minimum absolute atomic E-state index is 0. The van der Waals surface area contributed by atoms with Crippen molar-refractivity contribution in [1.29, 1.82) is 0 Å². The molecular formula is C121H98Ir4N8-8. The van der Waals surface area contributed by atoms with E-state index in [-0.39, 0.29) is 114 Å². The van der Waals surface area contributed by atoms with Crippen LogP contribution in [0.15, 0.2) is 444 Å². The van der Waals surface area contributed by atoms with Gasteiger partial charge in [-0.1, -0.05) is 242 Å². The normalized spacial score (nSPS) is 12.8. The van der Waals surface area contributed by atoms with Crippen LogP contribution < -0.4 is 0 Å². The number of benzene rings is 12. The third-order valence-electron chi connectivity index (χ3n) is 19.3. The molecule has 12 heteroatoms. The maximum absolute atomic E-state index is 7.92. The Bertz CT molecular complexity index is 7100. The van der Waals surface area contributed by atoms with Gasteiger partial charge in [-0.05, 0) is 156 Å². The summed E-state index contributed by atoms with van der Waals surface area (Å²) in [7, 11) is 0. The van der Waals surface area contributed by atoms with Gasteiger partial charge in [-0.2, -0.15) is 0 Å². The van der Waals surface area contributed by atoms with Gasteiger partial charge in [-0.25, -0.2) is 0 Å². The van der Waals surface area contributed by atoms with Crippen molar-refractivity contribution in [1.82, 2.24) is 39.9 Å². The van der Waals surface area contributed by atoms with Gasteiger partial charge in [0.2, 0.25) is 0 Å². The average molecular weight is 2450 g/mol. The molecule has 133 heavy (non-hydrogen) atoms. The van der Waals surface area contributed by atoms with E-state index < -0.39 is 47.5 Å². The molecule has 8 heterocycles. The van der Waals surface area contributed by atoms with E-state index in [4.69, 9.17) is 27.4 Å². The van der Waals surface area contributed by atoms with Crippen molar-refractivity contribution in [3.63, 3.8) is 0 Å². The molecule has 12 aromatic carbocycles. The van der Waals surface area contributed by atoms with Crippen molar-refractivity contribution in [2.24, 2.45) is 0 Å². The Labute approximate surface area is 868 Å². The number of hydrogen-bond acceptors (Lipinski definition) is 8. The zero-order valence-corrected chi connectivity index (χ0v) is 81.3. The summed E-state index contributed by atoms with van der Waals surface area (Å²) in [5, 5.41) is 0. The smallest absolute Gasteiger partial charge is 0.0313 e. The van der Waals surface area contributed by atoms with Gasteiger partial charge in [0.1, 0.15) is 0 Å². The predicted molar refractivity (Wildman–Crippen MR) is 532 cm³/mol. The topological polar surface area (TPSA) is 103 Å². The van der Waals surface area contributed by atoms with E-state index in [1.165, 1.54) is 83.2 Å². The van der Waals surface area contributed by atoms with E-state index in [2.05, 4.69) is 168 Å². The van der Waals surface area contributed by atoms with Gasteiger partial charge < -0.3 is 39.9 Å². The SMILES string of the molecule is CCc1ccnc(-c2[c-]ccc(-c3ccccc3)c2)c1.[2H]C([2H])([2H])C([2H])([2H])c1ccnc(-c2[c-]ccc(-c3ccccc3)c2)c1.[2H]C([2H])([2H])c1ccc(-c2[c-]cccc2)nc1.[2H]C([2H])([2H])c1ccc(-c2[c-]cccc2)nc1.[2H]C([2H])([2H])c1ccc(-c2[c-]cccc2)nc1.[2H]C([2H])([2H])c1ccc(-c2[c-]cccc2)nc1.[2H]C([2H])([2H])c1ccnc(-c2[c-]ccc(-c3ccccc3)c2)c1.[Ir].[Ir].[Ir].[Ir].[c-]1cc(-c2ccccc2)ccc1-c1ccccn1. The van der Waals surface area contributed by atoms with Crippen molar-refractivity contribution < 1.29 is 108 Å². The molecule has 0 aliphatic rings. The standard InChI is InChI=1S/2C19H16N.C18H14N.C17H12N.4C12H10N.4Ir/c2*1-2-15-11-12-20-19(13-15)18-10-6-9-17(14-18)16-7-4-3-5-8-16;1-14-10-11-19-18(12-14)17-9-5-8-16(13-17)15-6-3-2-4-7-15;1-2-6-14(7-3-1)15-9-11-16(12-10-15)17-8-4-5-13-18-17;4*1-10-7-8-12(13-9-10)11-5-3-2-4-6-11;;;;/h2*3-9,11-14H,2H2,1H3;2-8,10-13H,1H3;1-11,13H;4*2-5,7-9H,1H3;;;;/q8*-1;;;;/i1D3,2D2;;1D3;;4*1D3;;;;. The molecule has 0 saturated carbocycles. The van der Waals surface area contributed by atoms with Gasteiger partial charge in [0.15, 0.2) is 0 Å². The van der Waals surface area contributed by atoms with Gasteiger partial charge in [-0.15, -0.1) is 280 Å². The Morgan fingerprint density at radius 3 is 0.850 bits per heavy atom. The van der Waals surface area contributed by atoms with Crippen LogP contribution >= 0.6 is 0 Å². The van der Waals surface area contributed by atoms with Crippen LogP contribution in [0.5, 0.6) is 0 Å². The van der Waals surface area contributed by atoms with Crippen LogP contribution in [0.25, 0.3) is 135 Å². The second-order valence-corrected chi connectivity index (χ2v) is 28.4. The van der Waals surface area contributed by atoms with Gasteiger partial charge in [0, 0.05) is 157 Å². The molecule has 0 spiro atoms. The number of aromatic nitrogens is 8. The predicted octanol–water partition coefficient (Wildman–Crippen LogP) is 29.7. The van der Waals surface area contributed by atoms with Crippen molar-refractivity contribution in [3.8, 4) is 135 Å². The molecule has 8 aromatic heterocycles. The van der Waals surface area contributed by atoms with Gasteiger partial charge in [0.05, 0.1) is 0 Å². The van der Waals surface area contributed by atoms with Crippen LogP contribution in [0.2, 0.25) is 0 Å². The van der Waals surface area contributed by atoms with Gasteiger partial charge >= 0.3 is 0 Å². The molecular weight excluding hydrogens is 2330 g/mol. The van der Waals surface area contributed by atoms with Crippen LogP contribution in [-0.2, 0) is 93.2 Å². The van der Waals surface area contributed by atoms with Crippen molar-refractivity contribution in [2.45, 2.75) is 60.8 Å².